The first-order valence-electron chi connectivity index (χ1n) is 6.44. The smallest absolute Gasteiger partial charge is 0.0663 e. The van der Waals surface area contributed by atoms with Gasteiger partial charge >= 0.3 is 0 Å². The van der Waals surface area contributed by atoms with Gasteiger partial charge in [-0.3, -0.25) is 0 Å². The van der Waals surface area contributed by atoms with Crippen LogP contribution in [0, 0.1) is 0 Å². The highest BCUT2D eigenvalue weighted by atomic mass is 79.9. The van der Waals surface area contributed by atoms with E-state index in [2.05, 4.69) is 28.2 Å². The lowest BCUT2D eigenvalue weighted by molar-refractivity contribution is -0.0273. The number of aliphatic hydroxyl groups is 1. The quantitative estimate of drug-likeness (QED) is 0.897. The predicted octanol–water partition coefficient (Wildman–Crippen LogP) is 3.18. The van der Waals surface area contributed by atoms with E-state index in [-0.39, 0.29) is 18.2 Å². The molecule has 1 heterocycles. The molecule has 2 atom stereocenters. The van der Waals surface area contributed by atoms with Gasteiger partial charge in [0.2, 0.25) is 0 Å². The molecule has 0 amide bonds. The summed E-state index contributed by atoms with van der Waals surface area (Å²) in [4.78, 5) is 0. The summed E-state index contributed by atoms with van der Waals surface area (Å²) < 4.78 is 6.74. The average molecular weight is 314 g/mol. The lowest BCUT2D eigenvalue weighted by Gasteiger charge is -2.41. The Bertz CT molecular complexity index is 382. The standard InChI is InChI=1S/C14H20BrNO2/c1-2-13-9-14(10-17,7-8-18-13)16-12-5-3-11(15)4-6-12/h3-6,13,16-17H,2,7-10H2,1H3. The van der Waals surface area contributed by atoms with E-state index in [0.717, 1.165) is 29.4 Å². The molecule has 0 aromatic heterocycles. The molecule has 2 unspecified atom stereocenters. The van der Waals surface area contributed by atoms with Gasteiger partial charge < -0.3 is 15.2 Å². The van der Waals surface area contributed by atoms with Gasteiger partial charge in [-0.05, 0) is 43.5 Å². The minimum absolute atomic E-state index is 0.142. The minimum Gasteiger partial charge on any atom is -0.394 e. The van der Waals surface area contributed by atoms with Gasteiger partial charge in [-0.1, -0.05) is 22.9 Å². The number of halogens is 1. The van der Waals surface area contributed by atoms with Gasteiger partial charge in [0.25, 0.3) is 0 Å². The van der Waals surface area contributed by atoms with E-state index in [1.807, 2.05) is 24.3 Å². The van der Waals surface area contributed by atoms with Gasteiger partial charge in [0.05, 0.1) is 18.2 Å². The summed E-state index contributed by atoms with van der Waals surface area (Å²) in [5.74, 6) is 0. The summed E-state index contributed by atoms with van der Waals surface area (Å²) in [5.41, 5.74) is 0.802. The zero-order chi connectivity index (χ0) is 13.0. The highest BCUT2D eigenvalue weighted by Crippen LogP contribution is 2.30. The SMILES string of the molecule is CCC1CC(CO)(Nc2ccc(Br)cc2)CCO1. The summed E-state index contributed by atoms with van der Waals surface area (Å²) in [7, 11) is 0. The third-order valence-corrected chi connectivity index (χ3v) is 4.09. The second kappa shape index (κ2) is 6.04. The van der Waals surface area contributed by atoms with E-state index in [9.17, 15) is 5.11 Å². The Morgan fingerprint density at radius 2 is 2.17 bits per heavy atom. The molecule has 1 aromatic carbocycles. The number of nitrogens with one attached hydrogen (secondary N) is 1. The molecule has 1 fully saturated rings. The van der Waals surface area contributed by atoms with Gasteiger partial charge in [-0.25, -0.2) is 0 Å². The summed E-state index contributed by atoms with van der Waals surface area (Å²) >= 11 is 3.42. The Morgan fingerprint density at radius 1 is 1.44 bits per heavy atom. The van der Waals surface area contributed by atoms with Crippen LogP contribution < -0.4 is 5.32 Å². The Hall–Kier alpha value is -0.580. The lowest BCUT2D eigenvalue weighted by atomic mass is 9.86. The van der Waals surface area contributed by atoms with Gasteiger partial charge in [-0.15, -0.1) is 0 Å². The molecule has 0 saturated carbocycles. The molecule has 1 aromatic rings. The molecular weight excluding hydrogens is 294 g/mol. The number of hydrogen-bond donors (Lipinski definition) is 2. The topological polar surface area (TPSA) is 41.5 Å². The van der Waals surface area contributed by atoms with Crippen LogP contribution in [-0.2, 0) is 4.74 Å². The fraction of sp³-hybridized carbons (Fsp3) is 0.571. The monoisotopic (exact) mass is 313 g/mol. The molecule has 4 heteroatoms. The molecule has 3 nitrogen and oxygen atoms in total. The summed E-state index contributed by atoms with van der Waals surface area (Å²) in [6.07, 6.45) is 2.93. The van der Waals surface area contributed by atoms with E-state index in [1.165, 1.54) is 0 Å². The van der Waals surface area contributed by atoms with Crippen LogP contribution in [0.3, 0.4) is 0 Å². The Labute approximate surface area is 117 Å². The number of anilines is 1. The number of rotatable bonds is 4. The third kappa shape index (κ3) is 3.25. The minimum atomic E-state index is -0.243. The molecule has 2 rings (SSSR count). The molecule has 18 heavy (non-hydrogen) atoms. The maximum Gasteiger partial charge on any atom is 0.0663 e. The highest BCUT2D eigenvalue weighted by molar-refractivity contribution is 9.10. The van der Waals surface area contributed by atoms with Crippen LogP contribution in [0.15, 0.2) is 28.7 Å². The van der Waals surface area contributed by atoms with Gasteiger partial charge in [0.15, 0.2) is 0 Å². The van der Waals surface area contributed by atoms with Crippen LogP contribution in [0.2, 0.25) is 0 Å². The Morgan fingerprint density at radius 3 is 2.78 bits per heavy atom. The molecule has 0 bridgehead atoms. The van der Waals surface area contributed by atoms with Crippen LogP contribution in [0.4, 0.5) is 5.69 Å². The first kappa shape index (κ1) is 13.8. The zero-order valence-electron chi connectivity index (χ0n) is 10.7. The van der Waals surface area contributed by atoms with Crippen molar-refractivity contribution in [1.82, 2.24) is 0 Å². The van der Waals surface area contributed by atoms with Crippen molar-refractivity contribution in [3.05, 3.63) is 28.7 Å². The first-order chi connectivity index (χ1) is 8.67. The molecule has 0 spiro atoms. The van der Waals surface area contributed by atoms with Crippen molar-refractivity contribution in [1.29, 1.82) is 0 Å². The van der Waals surface area contributed by atoms with E-state index < -0.39 is 0 Å². The zero-order valence-corrected chi connectivity index (χ0v) is 12.2. The van der Waals surface area contributed by atoms with Gasteiger partial charge in [0, 0.05) is 16.8 Å². The second-order valence-electron chi connectivity index (χ2n) is 4.93. The molecule has 1 aliphatic rings. The van der Waals surface area contributed by atoms with E-state index in [0.29, 0.717) is 6.61 Å². The largest absolute Gasteiger partial charge is 0.394 e. The maximum atomic E-state index is 9.74. The van der Waals surface area contributed by atoms with Crippen LogP contribution in [0.5, 0.6) is 0 Å². The van der Waals surface area contributed by atoms with Gasteiger partial charge in [-0.2, -0.15) is 0 Å². The molecule has 1 aliphatic heterocycles. The molecule has 100 valence electrons. The molecule has 1 saturated heterocycles. The first-order valence-corrected chi connectivity index (χ1v) is 7.23. The molecule has 0 radical (unpaired) electrons. The summed E-state index contributed by atoms with van der Waals surface area (Å²) in [5, 5.41) is 13.2. The average Bonchev–Trinajstić information content (AvgIpc) is 2.42. The second-order valence-corrected chi connectivity index (χ2v) is 5.84. The molecular formula is C14H20BrNO2. The van der Waals surface area contributed by atoms with Crippen LogP contribution in [0.1, 0.15) is 26.2 Å². The van der Waals surface area contributed by atoms with Crippen molar-refractivity contribution in [2.45, 2.75) is 37.8 Å². The number of aliphatic hydroxyl groups excluding tert-OH is 1. The predicted molar refractivity (Wildman–Crippen MR) is 76.8 cm³/mol. The fourth-order valence-electron chi connectivity index (χ4n) is 2.42. The third-order valence-electron chi connectivity index (χ3n) is 3.56. The van der Waals surface area contributed by atoms with E-state index >= 15 is 0 Å². The molecule has 0 aliphatic carbocycles. The fourth-order valence-corrected chi connectivity index (χ4v) is 2.68. The number of benzene rings is 1. The van der Waals surface area contributed by atoms with Crippen LogP contribution in [-0.4, -0.2) is 30.0 Å². The number of hydrogen-bond acceptors (Lipinski definition) is 3. The van der Waals surface area contributed by atoms with Crippen LogP contribution in [0.25, 0.3) is 0 Å². The summed E-state index contributed by atoms with van der Waals surface area (Å²) in [6, 6.07) is 8.06. The normalized spacial score (nSPS) is 28.1. The van der Waals surface area contributed by atoms with E-state index in [1.54, 1.807) is 0 Å². The van der Waals surface area contributed by atoms with Crippen molar-refractivity contribution in [3.63, 3.8) is 0 Å². The Kier molecular flexibility index (Phi) is 4.65. The maximum absolute atomic E-state index is 9.74. The van der Waals surface area contributed by atoms with Crippen molar-refractivity contribution < 1.29 is 9.84 Å². The summed E-state index contributed by atoms with van der Waals surface area (Å²) in [6.45, 7) is 2.98. The van der Waals surface area contributed by atoms with Crippen molar-refractivity contribution in [2.24, 2.45) is 0 Å². The molecule has 2 N–H and O–H groups in total. The van der Waals surface area contributed by atoms with E-state index in [4.69, 9.17) is 4.74 Å². The number of ether oxygens (including phenoxy) is 1. The van der Waals surface area contributed by atoms with Crippen molar-refractivity contribution in [3.8, 4) is 0 Å². The van der Waals surface area contributed by atoms with Crippen molar-refractivity contribution in [2.75, 3.05) is 18.5 Å². The lowest BCUT2D eigenvalue weighted by Crippen LogP contribution is -2.49. The van der Waals surface area contributed by atoms with Crippen molar-refractivity contribution >= 4 is 21.6 Å². The Balaban J connectivity index is 2.09. The van der Waals surface area contributed by atoms with Gasteiger partial charge in [0.1, 0.15) is 0 Å². The highest BCUT2D eigenvalue weighted by Gasteiger charge is 2.35. The van der Waals surface area contributed by atoms with Crippen LogP contribution >= 0.6 is 15.9 Å².